The Morgan fingerprint density at radius 1 is 1.10 bits per heavy atom. The predicted molar refractivity (Wildman–Crippen MR) is 112 cm³/mol. The molecule has 0 radical (unpaired) electrons. The predicted octanol–water partition coefficient (Wildman–Crippen LogP) is 3.91. The number of amides is 1. The lowest BCUT2D eigenvalue weighted by Gasteiger charge is -2.19. The Balaban J connectivity index is 1.63. The first-order valence-electron chi connectivity index (χ1n) is 9.52. The van der Waals surface area contributed by atoms with Gasteiger partial charge in [-0.3, -0.25) is 9.48 Å². The SMILES string of the molecule is COc1cccc(C(NC(=O)c2cc(-c3cnn(C)c3C)no2)c2ccccc2)c1. The van der Waals surface area contributed by atoms with Crippen molar-refractivity contribution < 1.29 is 14.1 Å². The van der Waals surface area contributed by atoms with E-state index in [4.69, 9.17) is 9.26 Å². The van der Waals surface area contributed by atoms with Crippen LogP contribution in [0.4, 0.5) is 0 Å². The molecule has 152 valence electrons. The number of carbonyl (C=O) groups excluding carboxylic acids is 1. The summed E-state index contributed by atoms with van der Waals surface area (Å²) in [6, 6.07) is 18.6. The minimum absolute atomic E-state index is 0.136. The normalized spacial score (nSPS) is 11.8. The highest BCUT2D eigenvalue weighted by Gasteiger charge is 2.22. The van der Waals surface area contributed by atoms with Crippen LogP contribution in [0.3, 0.4) is 0 Å². The van der Waals surface area contributed by atoms with E-state index in [2.05, 4.69) is 15.6 Å². The molecule has 1 atom stereocenters. The van der Waals surface area contributed by atoms with E-state index in [0.29, 0.717) is 5.69 Å². The maximum absolute atomic E-state index is 13.0. The molecule has 1 N–H and O–H groups in total. The Hall–Kier alpha value is -3.87. The number of ether oxygens (including phenoxy) is 1. The highest BCUT2D eigenvalue weighted by atomic mass is 16.5. The number of aryl methyl sites for hydroxylation is 1. The van der Waals surface area contributed by atoms with Gasteiger partial charge in [0.15, 0.2) is 0 Å². The van der Waals surface area contributed by atoms with E-state index in [-0.39, 0.29) is 17.7 Å². The molecule has 7 heteroatoms. The second kappa shape index (κ2) is 8.24. The fourth-order valence-electron chi connectivity index (χ4n) is 3.29. The van der Waals surface area contributed by atoms with Gasteiger partial charge >= 0.3 is 0 Å². The zero-order valence-electron chi connectivity index (χ0n) is 17.0. The second-order valence-electron chi connectivity index (χ2n) is 6.94. The maximum atomic E-state index is 13.0. The molecule has 1 unspecified atom stereocenters. The summed E-state index contributed by atoms with van der Waals surface area (Å²) in [6.07, 6.45) is 1.71. The summed E-state index contributed by atoms with van der Waals surface area (Å²) in [5.74, 6) is 0.501. The molecule has 2 aromatic carbocycles. The van der Waals surface area contributed by atoms with E-state index in [1.165, 1.54) is 0 Å². The first kappa shape index (κ1) is 19.4. The van der Waals surface area contributed by atoms with Crippen LogP contribution in [-0.4, -0.2) is 28.0 Å². The minimum atomic E-state index is -0.373. The van der Waals surface area contributed by atoms with Gasteiger partial charge < -0.3 is 14.6 Å². The largest absolute Gasteiger partial charge is 0.497 e. The highest BCUT2D eigenvalue weighted by Crippen LogP contribution is 2.27. The number of hydrogen-bond acceptors (Lipinski definition) is 5. The van der Waals surface area contributed by atoms with Crippen molar-refractivity contribution in [1.82, 2.24) is 20.3 Å². The summed E-state index contributed by atoms with van der Waals surface area (Å²) < 4.78 is 12.4. The molecule has 0 aliphatic rings. The molecular formula is C23H22N4O3. The van der Waals surface area contributed by atoms with Crippen molar-refractivity contribution in [2.75, 3.05) is 7.11 Å². The maximum Gasteiger partial charge on any atom is 0.290 e. The topological polar surface area (TPSA) is 82.2 Å². The smallest absolute Gasteiger partial charge is 0.290 e. The molecule has 0 spiro atoms. The molecule has 0 saturated carbocycles. The van der Waals surface area contributed by atoms with Crippen LogP contribution < -0.4 is 10.1 Å². The standard InChI is InChI=1S/C23H22N4O3/c1-15-19(14-24-27(15)2)20-13-21(30-26-20)23(28)25-22(16-8-5-4-6-9-16)17-10-7-11-18(12-17)29-3/h4-14,22H,1-3H3,(H,25,28). The number of hydrogen-bond donors (Lipinski definition) is 1. The van der Waals surface area contributed by atoms with E-state index in [0.717, 1.165) is 28.1 Å². The van der Waals surface area contributed by atoms with Crippen molar-refractivity contribution in [3.05, 3.63) is 89.4 Å². The van der Waals surface area contributed by atoms with Crippen molar-refractivity contribution in [2.45, 2.75) is 13.0 Å². The molecule has 0 saturated heterocycles. The van der Waals surface area contributed by atoms with Gasteiger partial charge in [0.1, 0.15) is 11.4 Å². The van der Waals surface area contributed by atoms with Crippen molar-refractivity contribution in [2.24, 2.45) is 7.05 Å². The van der Waals surface area contributed by atoms with Crippen LogP contribution in [0.5, 0.6) is 5.75 Å². The van der Waals surface area contributed by atoms with Gasteiger partial charge in [0.05, 0.1) is 19.3 Å². The van der Waals surface area contributed by atoms with E-state index >= 15 is 0 Å². The zero-order chi connectivity index (χ0) is 21.1. The van der Waals surface area contributed by atoms with Crippen LogP contribution >= 0.6 is 0 Å². The van der Waals surface area contributed by atoms with Gasteiger partial charge in [-0.2, -0.15) is 5.10 Å². The molecule has 7 nitrogen and oxygen atoms in total. The monoisotopic (exact) mass is 402 g/mol. The van der Waals surface area contributed by atoms with Crippen molar-refractivity contribution in [3.63, 3.8) is 0 Å². The number of carbonyl (C=O) groups is 1. The van der Waals surface area contributed by atoms with Crippen molar-refractivity contribution in [3.8, 4) is 17.0 Å². The van der Waals surface area contributed by atoms with Crippen LogP contribution in [0.1, 0.15) is 33.4 Å². The van der Waals surface area contributed by atoms with Gasteiger partial charge in [-0.05, 0) is 30.2 Å². The number of aromatic nitrogens is 3. The molecule has 4 rings (SSSR count). The van der Waals surface area contributed by atoms with Gasteiger partial charge in [-0.1, -0.05) is 47.6 Å². The van der Waals surface area contributed by atoms with Gasteiger partial charge in [0, 0.05) is 24.4 Å². The molecule has 30 heavy (non-hydrogen) atoms. The van der Waals surface area contributed by atoms with E-state index in [1.807, 2.05) is 68.6 Å². The number of nitrogens with zero attached hydrogens (tertiary/aromatic N) is 3. The Kier molecular flexibility index (Phi) is 5.34. The molecule has 0 aliphatic carbocycles. The first-order chi connectivity index (χ1) is 14.6. The van der Waals surface area contributed by atoms with E-state index in [1.54, 1.807) is 24.1 Å². The third-order valence-corrected chi connectivity index (χ3v) is 5.08. The molecule has 0 fully saturated rings. The van der Waals surface area contributed by atoms with Crippen molar-refractivity contribution in [1.29, 1.82) is 0 Å². The summed E-state index contributed by atoms with van der Waals surface area (Å²) in [5.41, 5.74) is 4.18. The molecule has 0 aliphatic heterocycles. The Bertz CT molecular complexity index is 1160. The highest BCUT2D eigenvalue weighted by molar-refractivity contribution is 5.93. The van der Waals surface area contributed by atoms with E-state index < -0.39 is 0 Å². The van der Waals surface area contributed by atoms with Crippen LogP contribution in [-0.2, 0) is 7.05 Å². The summed E-state index contributed by atoms with van der Waals surface area (Å²) >= 11 is 0. The summed E-state index contributed by atoms with van der Waals surface area (Å²) in [5, 5.41) is 11.3. The molecular weight excluding hydrogens is 380 g/mol. The zero-order valence-corrected chi connectivity index (χ0v) is 17.0. The van der Waals surface area contributed by atoms with E-state index in [9.17, 15) is 4.79 Å². The third kappa shape index (κ3) is 3.82. The Labute approximate surface area is 174 Å². The number of methoxy groups -OCH3 is 1. The molecule has 1 amide bonds. The van der Waals surface area contributed by atoms with Crippen LogP contribution in [0, 0.1) is 6.92 Å². The van der Waals surface area contributed by atoms with Gasteiger partial charge in [0.2, 0.25) is 5.76 Å². The minimum Gasteiger partial charge on any atom is -0.497 e. The van der Waals surface area contributed by atoms with Gasteiger partial charge in [-0.15, -0.1) is 0 Å². The van der Waals surface area contributed by atoms with Gasteiger partial charge in [0.25, 0.3) is 5.91 Å². The summed E-state index contributed by atoms with van der Waals surface area (Å²) in [4.78, 5) is 13.0. The Morgan fingerprint density at radius 3 is 2.57 bits per heavy atom. The molecule has 2 aromatic heterocycles. The second-order valence-corrected chi connectivity index (χ2v) is 6.94. The molecule has 4 aromatic rings. The lowest BCUT2D eigenvalue weighted by molar-refractivity contribution is 0.0906. The fourth-order valence-corrected chi connectivity index (χ4v) is 3.29. The fraction of sp³-hybridized carbons (Fsp3) is 0.174. The Morgan fingerprint density at radius 2 is 1.87 bits per heavy atom. The average Bonchev–Trinajstić information content (AvgIpc) is 3.39. The number of benzene rings is 2. The number of nitrogens with one attached hydrogen (secondary N) is 1. The molecule has 0 bridgehead atoms. The quantitative estimate of drug-likeness (QED) is 0.529. The van der Waals surface area contributed by atoms with Crippen LogP contribution in [0.2, 0.25) is 0 Å². The summed E-state index contributed by atoms with van der Waals surface area (Å²) in [7, 11) is 3.47. The van der Waals surface area contributed by atoms with Crippen molar-refractivity contribution >= 4 is 5.91 Å². The third-order valence-electron chi connectivity index (χ3n) is 5.08. The lowest BCUT2D eigenvalue weighted by Crippen LogP contribution is -2.29. The lowest BCUT2D eigenvalue weighted by atomic mass is 9.98. The summed E-state index contributed by atoms with van der Waals surface area (Å²) in [6.45, 7) is 1.94. The molecule has 2 heterocycles. The van der Waals surface area contributed by atoms with Crippen LogP contribution in [0.25, 0.3) is 11.3 Å². The van der Waals surface area contributed by atoms with Crippen LogP contribution in [0.15, 0.2) is 71.4 Å². The first-order valence-corrected chi connectivity index (χ1v) is 9.52. The number of rotatable bonds is 6. The van der Waals surface area contributed by atoms with Gasteiger partial charge in [-0.25, -0.2) is 0 Å². The average molecular weight is 402 g/mol.